The summed E-state index contributed by atoms with van der Waals surface area (Å²) in [6, 6.07) is 56.2. The second-order valence-electron chi connectivity index (χ2n) is 29.7. The topological polar surface area (TPSA) is 130 Å². The van der Waals surface area contributed by atoms with Crippen LogP contribution >= 0.6 is 0 Å². The van der Waals surface area contributed by atoms with Crippen molar-refractivity contribution < 1.29 is 65.5 Å². The molecule has 9 aromatic rings. The Morgan fingerprint density at radius 3 is 1.10 bits per heavy atom. The molecule has 15 rings (SSSR count). The first-order valence-corrected chi connectivity index (χ1v) is 35.6. The van der Waals surface area contributed by atoms with Crippen molar-refractivity contribution in [1.82, 2.24) is 0 Å². The Hall–Kier alpha value is -11.5. The average Bonchev–Trinajstić information content (AvgIpc) is 0.778. The Balaban J connectivity index is 0.000000140. The van der Waals surface area contributed by atoms with Crippen molar-refractivity contribution in [2.75, 3.05) is 89.8 Å². The van der Waals surface area contributed by atoms with Crippen LogP contribution in [0.4, 0.5) is 11.4 Å². The van der Waals surface area contributed by atoms with Gasteiger partial charge in [-0.25, -0.2) is 32.3 Å². The summed E-state index contributed by atoms with van der Waals surface area (Å²) in [6.45, 7) is 36.3. The predicted octanol–water partition coefficient (Wildman–Crippen LogP) is 15.9. The monoisotopic (exact) mass is 1430 g/mol. The zero-order chi connectivity index (χ0) is 76.4. The van der Waals surface area contributed by atoms with Crippen LogP contribution in [0.25, 0.3) is 4.85 Å². The van der Waals surface area contributed by atoms with E-state index in [2.05, 4.69) is 236 Å². The molecule has 0 N–H and O–H groups in total. The van der Waals surface area contributed by atoms with Crippen LogP contribution in [0.15, 0.2) is 164 Å². The summed E-state index contributed by atoms with van der Waals surface area (Å²) in [5, 5.41) is 10.7. The molecule has 0 radical (unpaired) electrons. The maximum atomic E-state index is 10.7. The zero-order valence-corrected chi connectivity index (χ0v) is 65.0. The van der Waals surface area contributed by atoms with Crippen molar-refractivity contribution in [3.05, 3.63) is 285 Å². The number of nitro benzene ring substituents is 1. The smallest absolute Gasteiger partial charge is 0.286 e. The molecule has 0 fully saturated rings. The summed E-state index contributed by atoms with van der Waals surface area (Å²) < 4.78 is 51.7. The second-order valence-corrected chi connectivity index (χ2v) is 29.7. The maximum absolute atomic E-state index is 10.7. The minimum absolute atomic E-state index is 0.0822. The number of non-ortho nitro benzene ring substituents is 1. The Bertz CT molecular complexity index is 5020. The molecular formula is C89H102N8O9+6. The highest BCUT2D eigenvalue weighted by molar-refractivity contribution is 5.86. The third kappa shape index (κ3) is 18.2. The van der Waals surface area contributed by atoms with Gasteiger partial charge in [-0.3, -0.25) is 10.1 Å². The van der Waals surface area contributed by atoms with Crippen LogP contribution in [0.5, 0.6) is 40.2 Å². The number of methoxy groups -OCH3 is 1. The van der Waals surface area contributed by atoms with E-state index >= 15 is 0 Å². The number of hydrogen-bond donors (Lipinski definition) is 0. The molecule has 0 saturated heterocycles. The van der Waals surface area contributed by atoms with Gasteiger partial charge in [0.15, 0.2) is 43.0 Å². The molecule has 9 aromatic carbocycles. The zero-order valence-electron chi connectivity index (χ0n) is 65.0. The van der Waals surface area contributed by atoms with Crippen molar-refractivity contribution in [1.29, 1.82) is 0 Å². The largest absolute Gasteiger partial charge is 0.497 e. The van der Waals surface area contributed by atoms with Crippen molar-refractivity contribution >= 4 is 48.7 Å². The predicted molar refractivity (Wildman–Crippen MR) is 423 cm³/mol. The van der Waals surface area contributed by atoms with Gasteiger partial charge < -0.3 is 33.2 Å². The molecule has 6 aliphatic heterocycles. The summed E-state index contributed by atoms with van der Waals surface area (Å²) in [5.74, 6) is 6.52. The number of aryl methyl sites for hydroxylation is 6. The van der Waals surface area contributed by atoms with E-state index in [1.165, 1.54) is 73.3 Å². The number of fused-ring (bicyclic) bond motifs is 6. The lowest BCUT2D eigenvalue weighted by Gasteiger charge is -2.33. The standard InChI is InChI=1S/C27H30NO.C19H22NO.C11H11N2O.C11H14NO2.C11H14NO.C10H11N2O3/c1-26(2,21-12-8-6-9-13-21)23-16-20-18-28(5)19-29-25(20)24(17-23)27(3,4)22-14-10-7-11-15-22;1-14-10-15-12-20(4)13-21-18(15)17(11-14)19(2,3)16-8-6-5-7-9-16;1-8-4-10(12-2)5-9-6-13(3)7-14-11(8)9;1-8-4-10(13-3)5-9-6-12(2)7-14-11(8)9;1-8-4-9(2)11-10(5-8)6-12(3)7-13-11;1-7-3-9(12(13)14)4-8-5-11(2)6-15-10(7)8/h6-18H,19H2,1-5H3;5-12H,13H2,1-4H3;4-6H,7H2,1,3H3;4-6H,7H2,1-3H3;4-6H,7H2,1-3H3;3-5H,6H2,1-2H3/q6*+1. The normalized spacial score (nSPS) is 14.1. The van der Waals surface area contributed by atoms with E-state index in [9.17, 15) is 10.1 Å². The van der Waals surface area contributed by atoms with E-state index < -0.39 is 4.92 Å². The number of nitro groups is 1. The van der Waals surface area contributed by atoms with Gasteiger partial charge >= 0.3 is 0 Å². The molecule has 0 saturated carbocycles. The molecule has 0 aromatic heterocycles. The number of benzene rings is 9. The van der Waals surface area contributed by atoms with E-state index in [1.807, 2.05) is 111 Å². The number of ether oxygens (including phenoxy) is 7. The van der Waals surface area contributed by atoms with Gasteiger partial charge in [0.05, 0.1) is 52.0 Å². The third-order valence-corrected chi connectivity index (χ3v) is 19.4. The molecule has 17 heteroatoms. The van der Waals surface area contributed by atoms with Crippen molar-refractivity contribution in [2.24, 2.45) is 0 Å². The number of rotatable bonds is 8. The van der Waals surface area contributed by atoms with Crippen LogP contribution in [0, 0.1) is 58.2 Å². The van der Waals surface area contributed by atoms with Gasteiger partial charge in [0.25, 0.3) is 46.1 Å². The molecule has 17 nitrogen and oxygen atoms in total. The SMILES string of the molecule is COc1cc(C)c2c(c1)C=[N+](C)CO2.C[N+]1=Cc2cc(C(C)(C)c3ccccc3)cc(C(C)(C)c3ccccc3)c2OC1.Cc1cc(C)c2c(c1)C=[N+](C)CO2.Cc1cc([N+](=O)[O-])cc2c1OC[N+](C)=C2.Cc1cc2c(c(C(C)(C)c3ccccc3)c1)OC[N+](C)=C2.[C-]#[N+]c1cc(C)c2c(c1)C=[N+](C)CO2. The van der Waals surface area contributed by atoms with Gasteiger partial charge in [0.1, 0.15) is 82.5 Å². The lowest BCUT2D eigenvalue weighted by Crippen LogP contribution is -2.28. The van der Waals surface area contributed by atoms with Crippen LogP contribution in [-0.2, 0) is 16.2 Å². The Kier molecular flexibility index (Phi) is 24.1. The van der Waals surface area contributed by atoms with Crippen LogP contribution in [-0.4, -0.2) is 159 Å². The van der Waals surface area contributed by atoms with E-state index in [1.54, 1.807) is 7.11 Å². The summed E-state index contributed by atoms with van der Waals surface area (Å²) in [5.41, 5.74) is 21.2. The molecule has 106 heavy (non-hydrogen) atoms. The fourth-order valence-corrected chi connectivity index (χ4v) is 13.7. The molecule has 0 unspecified atom stereocenters. The van der Waals surface area contributed by atoms with Crippen molar-refractivity contribution in [3.63, 3.8) is 0 Å². The lowest BCUT2D eigenvalue weighted by atomic mass is 9.72. The van der Waals surface area contributed by atoms with Crippen molar-refractivity contribution in [2.45, 2.75) is 99.3 Å². The third-order valence-electron chi connectivity index (χ3n) is 19.4. The van der Waals surface area contributed by atoms with Gasteiger partial charge in [0.2, 0.25) is 0 Å². The van der Waals surface area contributed by atoms with E-state index in [0.29, 0.717) is 46.1 Å². The van der Waals surface area contributed by atoms with Crippen LogP contribution in [0.2, 0.25) is 0 Å². The summed E-state index contributed by atoms with van der Waals surface area (Å²) in [7, 11) is 13.6. The Morgan fingerprint density at radius 2 is 0.698 bits per heavy atom. The molecule has 546 valence electrons. The van der Waals surface area contributed by atoms with E-state index in [-0.39, 0.29) is 21.9 Å². The highest BCUT2D eigenvalue weighted by atomic mass is 16.6. The van der Waals surface area contributed by atoms with E-state index in [4.69, 9.17) is 39.7 Å². The number of hydrogen-bond acceptors (Lipinski definition) is 9. The van der Waals surface area contributed by atoms with Gasteiger partial charge in [-0.05, 0) is 140 Å². The fraction of sp³-hybridized carbons (Fsp3) is 0.315. The molecule has 0 bridgehead atoms. The summed E-state index contributed by atoms with van der Waals surface area (Å²) >= 11 is 0. The van der Waals surface area contributed by atoms with Crippen LogP contribution < -0.4 is 33.2 Å². The van der Waals surface area contributed by atoms with Gasteiger partial charge in [-0.2, -0.15) is 0 Å². The first-order chi connectivity index (χ1) is 50.4. The summed E-state index contributed by atoms with van der Waals surface area (Å²) in [4.78, 5) is 13.7. The molecule has 6 heterocycles. The minimum Gasteiger partial charge on any atom is -0.497 e. The Labute approximate surface area is 625 Å². The first kappa shape index (κ1) is 77.1. The minimum atomic E-state index is -0.393. The highest BCUT2D eigenvalue weighted by Crippen LogP contribution is 2.45. The molecule has 0 atom stereocenters. The fourth-order valence-electron chi connectivity index (χ4n) is 13.7. The second kappa shape index (κ2) is 33.1. The van der Waals surface area contributed by atoms with Crippen molar-refractivity contribution in [3.8, 4) is 40.2 Å². The lowest BCUT2D eigenvalue weighted by molar-refractivity contribution is -0.528. The summed E-state index contributed by atoms with van der Waals surface area (Å²) in [6.07, 6.45) is 12.4. The van der Waals surface area contributed by atoms with E-state index in [0.717, 1.165) is 79.2 Å². The van der Waals surface area contributed by atoms with Gasteiger partial charge in [-0.1, -0.05) is 151 Å². The average molecular weight is 1430 g/mol. The van der Waals surface area contributed by atoms with Crippen LogP contribution in [0.1, 0.15) is 142 Å². The quantitative estimate of drug-likeness (QED) is 0.0632. The highest BCUT2D eigenvalue weighted by Gasteiger charge is 2.35. The van der Waals surface area contributed by atoms with Crippen LogP contribution in [0.3, 0.4) is 0 Å². The first-order valence-electron chi connectivity index (χ1n) is 35.6. The molecular weight excluding hydrogens is 1330 g/mol. The molecule has 0 aliphatic carbocycles. The Morgan fingerprint density at radius 1 is 0.377 bits per heavy atom. The molecule has 0 spiro atoms. The molecule has 6 aliphatic rings. The number of nitrogens with zero attached hydrogens (tertiary/aromatic N) is 8. The molecule has 0 amide bonds. The van der Waals surface area contributed by atoms with Gasteiger partial charge in [-0.15, -0.1) is 0 Å². The van der Waals surface area contributed by atoms with Gasteiger partial charge in [0, 0.05) is 39.5 Å². The maximum Gasteiger partial charge on any atom is 0.286 e.